The molecule has 0 amide bonds. The fourth-order valence-corrected chi connectivity index (χ4v) is 2.46. The monoisotopic (exact) mass is 270 g/mol. The van der Waals surface area contributed by atoms with E-state index in [1.807, 2.05) is 12.3 Å². The first-order valence-corrected chi connectivity index (χ1v) is 6.40. The molecule has 0 aliphatic rings. The molecule has 2 rings (SSSR count). The summed E-state index contributed by atoms with van der Waals surface area (Å²) in [7, 11) is 1.59. The largest absolute Gasteiger partial charge is 0.494 e. The average Bonchev–Trinajstić information content (AvgIpc) is 2.74. The molecule has 1 aromatic carbocycles. The molecular weight excluding hydrogens is 260 g/mol. The third kappa shape index (κ3) is 2.35. The van der Waals surface area contributed by atoms with Gasteiger partial charge in [-0.05, 0) is 18.4 Å². The number of aromatic nitrogens is 1. The molecule has 0 unspecified atom stereocenters. The minimum Gasteiger partial charge on any atom is -0.494 e. The molecule has 2 aromatic rings. The topological polar surface area (TPSA) is 61.3 Å². The Balaban J connectivity index is 2.53. The summed E-state index contributed by atoms with van der Waals surface area (Å²) in [5.41, 5.74) is 6.34. The van der Waals surface area contributed by atoms with E-state index in [4.69, 9.17) is 26.6 Å². The van der Waals surface area contributed by atoms with Crippen molar-refractivity contribution < 1.29 is 9.26 Å². The fourth-order valence-electron chi connectivity index (χ4n) is 1.49. The van der Waals surface area contributed by atoms with Crippen LogP contribution in [0, 0.1) is 0 Å². The normalized spacial score (nSPS) is 10.5. The maximum Gasteiger partial charge on any atom is 0.169 e. The van der Waals surface area contributed by atoms with Gasteiger partial charge in [0.25, 0.3) is 0 Å². The zero-order chi connectivity index (χ0) is 12.4. The van der Waals surface area contributed by atoms with Crippen LogP contribution >= 0.6 is 23.4 Å². The number of rotatable bonds is 3. The standard InChI is InChI=1S/C11H11ClN2O2S/c1-15-11-7(12)3-6(4-9(11)17-2)8-5-10(13)14-16-8/h3-5H,1-2H3,(H2,13,14). The minimum absolute atomic E-state index is 0.345. The van der Waals surface area contributed by atoms with Crippen LogP contribution in [0.1, 0.15) is 0 Å². The van der Waals surface area contributed by atoms with Crippen LogP contribution in [0.3, 0.4) is 0 Å². The summed E-state index contributed by atoms with van der Waals surface area (Å²) in [6.45, 7) is 0. The average molecular weight is 271 g/mol. The van der Waals surface area contributed by atoms with Crippen LogP contribution in [-0.4, -0.2) is 18.5 Å². The van der Waals surface area contributed by atoms with Gasteiger partial charge in [-0.25, -0.2) is 0 Å². The first-order chi connectivity index (χ1) is 8.15. The van der Waals surface area contributed by atoms with E-state index in [1.54, 1.807) is 31.0 Å². The van der Waals surface area contributed by atoms with Gasteiger partial charge in [-0.3, -0.25) is 0 Å². The van der Waals surface area contributed by atoms with E-state index < -0.39 is 0 Å². The molecule has 90 valence electrons. The molecule has 1 aromatic heterocycles. The second-order valence-corrected chi connectivity index (χ2v) is 4.56. The zero-order valence-electron chi connectivity index (χ0n) is 9.36. The van der Waals surface area contributed by atoms with Gasteiger partial charge in [-0.2, -0.15) is 0 Å². The lowest BCUT2D eigenvalue weighted by atomic mass is 10.1. The highest BCUT2D eigenvalue weighted by Gasteiger charge is 2.13. The first kappa shape index (κ1) is 12.1. The Morgan fingerprint density at radius 2 is 2.18 bits per heavy atom. The lowest BCUT2D eigenvalue weighted by molar-refractivity contribution is 0.405. The number of thioether (sulfide) groups is 1. The van der Waals surface area contributed by atoms with E-state index in [0.717, 1.165) is 10.5 Å². The number of methoxy groups -OCH3 is 1. The maximum absolute atomic E-state index is 6.14. The van der Waals surface area contributed by atoms with E-state index in [0.29, 0.717) is 22.4 Å². The number of halogens is 1. The summed E-state index contributed by atoms with van der Waals surface area (Å²) in [5, 5.41) is 4.17. The van der Waals surface area contributed by atoms with Crippen molar-refractivity contribution in [3.8, 4) is 17.1 Å². The van der Waals surface area contributed by atoms with Gasteiger partial charge in [0.15, 0.2) is 17.3 Å². The molecule has 0 aliphatic heterocycles. The SMILES string of the molecule is COc1c(Cl)cc(-c2cc(N)no2)cc1SC. The molecule has 2 N–H and O–H groups in total. The summed E-state index contributed by atoms with van der Waals surface area (Å²) in [6, 6.07) is 5.34. The quantitative estimate of drug-likeness (QED) is 0.867. The van der Waals surface area contributed by atoms with Gasteiger partial charge in [0, 0.05) is 11.6 Å². The fraction of sp³-hybridized carbons (Fsp3) is 0.182. The van der Waals surface area contributed by atoms with Gasteiger partial charge >= 0.3 is 0 Å². The van der Waals surface area contributed by atoms with Crippen molar-refractivity contribution in [2.24, 2.45) is 0 Å². The lowest BCUT2D eigenvalue weighted by Crippen LogP contribution is -1.88. The van der Waals surface area contributed by atoms with Crippen LogP contribution in [0.4, 0.5) is 5.82 Å². The van der Waals surface area contributed by atoms with Crippen LogP contribution in [0.15, 0.2) is 27.6 Å². The molecule has 17 heavy (non-hydrogen) atoms. The van der Waals surface area contributed by atoms with Crippen LogP contribution < -0.4 is 10.5 Å². The van der Waals surface area contributed by atoms with E-state index >= 15 is 0 Å². The van der Waals surface area contributed by atoms with Gasteiger partial charge in [0.1, 0.15) is 0 Å². The van der Waals surface area contributed by atoms with Crippen molar-refractivity contribution in [3.63, 3.8) is 0 Å². The van der Waals surface area contributed by atoms with Crippen molar-refractivity contribution in [1.29, 1.82) is 0 Å². The third-order valence-corrected chi connectivity index (χ3v) is 3.27. The zero-order valence-corrected chi connectivity index (χ0v) is 10.9. The van der Waals surface area contributed by atoms with Gasteiger partial charge < -0.3 is 15.0 Å². The van der Waals surface area contributed by atoms with Gasteiger partial charge in [-0.1, -0.05) is 16.8 Å². The Morgan fingerprint density at radius 1 is 1.41 bits per heavy atom. The summed E-state index contributed by atoms with van der Waals surface area (Å²) in [5.74, 6) is 1.59. The number of hydrogen-bond acceptors (Lipinski definition) is 5. The Bertz CT molecular complexity index is 542. The Morgan fingerprint density at radius 3 is 2.71 bits per heavy atom. The minimum atomic E-state index is 0.345. The van der Waals surface area contributed by atoms with E-state index in [1.165, 1.54) is 0 Å². The predicted molar refractivity (Wildman–Crippen MR) is 69.7 cm³/mol. The molecule has 0 saturated carbocycles. The van der Waals surface area contributed by atoms with E-state index in [-0.39, 0.29) is 0 Å². The van der Waals surface area contributed by atoms with Gasteiger partial charge in [-0.15, -0.1) is 11.8 Å². The van der Waals surface area contributed by atoms with Crippen LogP contribution in [0.5, 0.6) is 5.75 Å². The van der Waals surface area contributed by atoms with Crippen molar-refractivity contribution in [2.75, 3.05) is 19.1 Å². The number of anilines is 1. The second kappa shape index (κ2) is 4.89. The highest BCUT2D eigenvalue weighted by atomic mass is 35.5. The molecule has 0 atom stereocenters. The number of nitrogens with zero attached hydrogens (tertiary/aromatic N) is 1. The molecule has 6 heteroatoms. The number of nitrogens with two attached hydrogens (primary N) is 1. The summed E-state index contributed by atoms with van der Waals surface area (Å²) in [4.78, 5) is 0.935. The Kier molecular flexibility index (Phi) is 3.49. The first-order valence-electron chi connectivity index (χ1n) is 4.79. The van der Waals surface area contributed by atoms with Gasteiger partial charge in [0.2, 0.25) is 0 Å². The summed E-state index contributed by atoms with van der Waals surface area (Å²) < 4.78 is 10.3. The number of hydrogen-bond donors (Lipinski definition) is 1. The van der Waals surface area contributed by atoms with Crippen molar-refractivity contribution >= 4 is 29.2 Å². The number of nitrogen functional groups attached to an aromatic ring is 1. The van der Waals surface area contributed by atoms with Crippen molar-refractivity contribution in [1.82, 2.24) is 5.16 Å². The van der Waals surface area contributed by atoms with E-state index in [9.17, 15) is 0 Å². The van der Waals surface area contributed by atoms with Crippen molar-refractivity contribution in [3.05, 3.63) is 23.2 Å². The predicted octanol–water partition coefficient (Wildman–Crippen LogP) is 3.31. The molecule has 0 saturated heterocycles. The molecule has 0 spiro atoms. The third-order valence-electron chi connectivity index (χ3n) is 2.25. The molecule has 0 bridgehead atoms. The molecular formula is C11H11ClN2O2S. The number of ether oxygens (including phenoxy) is 1. The molecule has 4 nitrogen and oxygen atoms in total. The van der Waals surface area contributed by atoms with Crippen LogP contribution in [0.2, 0.25) is 5.02 Å². The van der Waals surface area contributed by atoms with Crippen molar-refractivity contribution in [2.45, 2.75) is 4.90 Å². The molecule has 0 radical (unpaired) electrons. The van der Waals surface area contributed by atoms with E-state index in [2.05, 4.69) is 5.16 Å². The van der Waals surface area contributed by atoms with Crippen LogP contribution in [-0.2, 0) is 0 Å². The molecule has 1 heterocycles. The number of benzene rings is 1. The smallest absolute Gasteiger partial charge is 0.169 e. The second-order valence-electron chi connectivity index (χ2n) is 3.31. The Hall–Kier alpha value is -1.33. The lowest BCUT2D eigenvalue weighted by Gasteiger charge is -2.09. The van der Waals surface area contributed by atoms with Gasteiger partial charge in [0.05, 0.1) is 17.0 Å². The Labute approximate surface area is 108 Å². The molecule has 0 fully saturated rings. The summed E-state index contributed by atoms with van der Waals surface area (Å²) in [6.07, 6.45) is 1.95. The highest BCUT2D eigenvalue weighted by Crippen LogP contribution is 2.38. The molecule has 0 aliphatic carbocycles. The highest BCUT2D eigenvalue weighted by molar-refractivity contribution is 7.98. The summed E-state index contributed by atoms with van der Waals surface area (Å²) >= 11 is 7.69. The van der Waals surface area contributed by atoms with Crippen LogP contribution in [0.25, 0.3) is 11.3 Å². The maximum atomic E-state index is 6.14.